The zero-order chi connectivity index (χ0) is 20.2. The molecule has 0 fully saturated rings. The molecule has 2 rings (SSSR count). The van der Waals surface area contributed by atoms with Gasteiger partial charge in [-0.05, 0) is 35.7 Å². The van der Waals surface area contributed by atoms with Crippen LogP contribution in [0.25, 0.3) is 0 Å². The van der Waals surface area contributed by atoms with Crippen LogP contribution in [-0.2, 0) is 16.6 Å². The second-order valence-corrected chi connectivity index (χ2v) is 10.6. The van der Waals surface area contributed by atoms with Crippen molar-refractivity contribution in [1.82, 2.24) is 14.9 Å². The number of sulfonamides is 1. The zero-order valence-electron chi connectivity index (χ0n) is 15.7. The third-order valence-corrected chi connectivity index (χ3v) is 7.60. The maximum absolute atomic E-state index is 12.3. The topological polar surface area (TPSA) is 78.5 Å². The number of benzene rings is 1. The van der Waals surface area contributed by atoms with Crippen molar-refractivity contribution in [3.63, 3.8) is 0 Å². The molecule has 0 aliphatic heterocycles. The molecular weight excluding hydrogens is 406 g/mol. The second-order valence-electron chi connectivity index (χ2n) is 6.61. The van der Waals surface area contributed by atoms with E-state index in [1.807, 2.05) is 26.0 Å². The second kappa shape index (κ2) is 9.05. The fourth-order valence-electron chi connectivity index (χ4n) is 2.44. The minimum atomic E-state index is -3.45. The molecule has 0 bridgehead atoms. The standard InChI is InChI=1S/C18H24ClN3O3S2/c1-12(2)17(13-5-7-14(19)8-6-13)21-18(23)20-11-15-9-10-16(26-15)27(24,25)22(3)4/h5-10,12,17H,11H2,1-4H3,(H2,20,21,23). The molecule has 27 heavy (non-hydrogen) atoms. The number of hydrogen-bond donors (Lipinski definition) is 2. The molecule has 2 N–H and O–H groups in total. The Kier molecular flexibility index (Phi) is 7.27. The Labute approximate surface area is 169 Å². The van der Waals surface area contributed by atoms with E-state index in [1.165, 1.54) is 18.4 Å². The van der Waals surface area contributed by atoms with E-state index in [2.05, 4.69) is 10.6 Å². The highest BCUT2D eigenvalue weighted by atomic mass is 35.5. The molecule has 2 aromatic rings. The Morgan fingerprint density at radius 2 is 1.78 bits per heavy atom. The van der Waals surface area contributed by atoms with Crippen LogP contribution in [0, 0.1) is 5.92 Å². The van der Waals surface area contributed by atoms with Gasteiger partial charge in [0, 0.05) is 24.0 Å². The number of hydrogen-bond acceptors (Lipinski definition) is 4. The quantitative estimate of drug-likeness (QED) is 0.701. The van der Waals surface area contributed by atoms with E-state index in [1.54, 1.807) is 24.3 Å². The number of thiophene rings is 1. The van der Waals surface area contributed by atoms with Crippen LogP contribution in [0.2, 0.25) is 5.02 Å². The minimum Gasteiger partial charge on any atom is -0.333 e. The van der Waals surface area contributed by atoms with Gasteiger partial charge < -0.3 is 10.6 Å². The SMILES string of the molecule is CC(C)C(NC(=O)NCc1ccc(S(=O)(=O)N(C)C)s1)c1ccc(Cl)cc1. The lowest BCUT2D eigenvalue weighted by Crippen LogP contribution is -2.39. The van der Waals surface area contributed by atoms with Gasteiger partial charge in [0.15, 0.2) is 0 Å². The van der Waals surface area contributed by atoms with E-state index in [-0.39, 0.29) is 28.7 Å². The highest BCUT2D eigenvalue weighted by Crippen LogP contribution is 2.25. The van der Waals surface area contributed by atoms with Crippen molar-refractivity contribution in [2.24, 2.45) is 5.92 Å². The first kappa shape index (κ1) is 21.7. The molecule has 0 aliphatic rings. The summed E-state index contributed by atoms with van der Waals surface area (Å²) in [4.78, 5) is 13.1. The van der Waals surface area contributed by atoms with Crippen LogP contribution in [0.3, 0.4) is 0 Å². The molecule has 1 aromatic carbocycles. The average Bonchev–Trinajstić information content (AvgIpc) is 3.08. The van der Waals surface area contributed by atoms with Crippen LogP contribution >= 0.6 is 22.9 Å². The van der Waals surface area contributed by atoms with Gasteiger partial charge in [-0.2, -0.15) is 0 Å². The molecule has 1 aromatic heterocycles. The number of halogens is 1. The van der Waals surface area contributed by atoms with Crippen LogP contribution in [0.4, 0.5) is 4.79 Å². The molecule has 1 unspecified atom stereocenters. The maximum atomic E-state index is 12.3. The van der Waals surface area contributed by atoms with Crippen molar-refractivity contribution < 1.29 is 13.2 Å². The monoisotopic (exact) mass is 429 g/mol. The summed E-state index contributed by atoms with van der Waals surface area (Å²) in [7, 11) is -0.473. The predicted molar refractivity (Wildman–Crippen MR) is 110 cm³/mol. The number of nitrogens with one attached hydrogen (secondary N) is 2. The summed E-state index contributed by atoms with van der Waals surface area (Å²) in [5.74, 6) is 0.190. The van der Waals surface area contributed by atoms with Gasteiger partial charge in [0.1, 0.15) is 4.21 Å². The minimum absolute atomic E-state index is 0.157. The molecule has 2 amide bonds. The number of carbonyl (C=O) groups is 1. The summed E-state index contributed by atoms with van der Waals surface area (Å²) < 4.78 is 25.6. The summed E-state index contributed by atoms with van der Waals surface area (Å²) in [6.45, 7) is 4.30. The van der Waals surface area contributed by atoms with Crippen molar-refractivity contribution in [3.8, 4) is 0 Å². The Balaban J connectivity index is 1.99. The molecule has 0 aliphatic carbocycles. The normalized spacial score (nSPS) is 13.0. The van der Waals surface area contributed by atoms with Crippen molar-refractivity contribution in [2.45, 2.75) is 30.6 Å². The van der Waals surface area contributed by atoms with Gasteiger partial charge in [0.25, 0.3) is 10.0 Å². The predicted octanol–water partition coefficient (Wildman–Crippen LogP) is 3.85. The molecule has 148 valence electrons. The summed E-state index contributed by atoms with van der Waals surface area (Å²) in [6.07, 6.45) is 0. The molecule has 0 spiro atoms. The molecule has 1 atom stereocenters. The van der Waals surface area contributed by atoms with Gasteiger partial charge in [-0.3, -0.25) is 0 Å². The van der Waals surface area contributed by atoms with Crippen molar-refractivity contribution in [2.75, 3.05) is 14.1 Å². The maximum Gasteiger partial charge on any atom is 0.315 e. The molecule has 0 radical (unpaired) electrons. The molecule has 0 saturated carbocycles. The van der Waals surface area contributed by atoms with Crippen molar-refractivity contribution in [3.05, 3.63) is 51.9 Å². The third kappa shape index (κ3) is 5.68. The Bertz CT molecular complexity index is 878. The summed E-state index contributed by atoms with van der Waals surface area (Å²) >= 11 is 7.07. The van der Waals surface area contributed by atoms with Crippen molar-refractivity contribution in [1.29, 1.82) is 0 Å². The molecule has 6 nitrogen and oxygen atoms in total. The smallest absolute Gasteiger partial charge is 0.315 e. The Hall–Kier alpha value is -1.61. The highest BCUT2D eigenvalue weighted by Gasteiger charge is 2.21. The summed E-state index contributed by atoms with van der Waals surface area (Å²) in [6, 6.07) is 10.2. The largest absolute Gasteiger partial charge is 0.333 e. The first-order valence-corrected chi connectivity index (χ1v) is 11.1. The molecule has 1 heterocycles. The number of urea groups is 1. The van der Waals surface area contributed by atoms with Gasteiger partial charge >= 0.3 is 6.03 Å². The van der Waals surface area contributed by atoms with Gasteiger partial charge in [-0.25, -0.2) is 17.5 Å². The Morgan fingerprint density at radius 1 is 1.15 bits per heavy atom. The van der Waals surface area contributed by atoms with E-state index in [9.17, 15) is 13.2 Å². The number of amides is 2. The van der Waals surface area contributed by atoms with Crippen LogP contribution in [0.1, 0.15) is 30.3 Å². The number of nitrogens with zero attached hydrogens (tertiary/aromatic N) is 1. The van der Waals surface area contributed by atoms with Gasteiger partial charge in [0.05, 0.1) is 12.6 Å². The first-order chi connectivity index (χ1) is 12.6. The van der Waals surface area contributed by atoms with Crippen LogP contribution in [-0.4, -0.2) is 32.8 Å². The fraction of sp³-hybridized carbons (Fsp3) is 0.389. The average molecular weight is 430 g/mol. The van der Waals surface area contributed by atoms with Gasteiger partial charge in [0.2, 0.25) is 0 Å². The molecular formula is C18H24ClN3O3S2. The van der Waals surface area contributed by atoms with Crippen LogP contribution in [0.15, 0.2) is 40.6 Å². The lowest BCUT2D eigenvalue weighted by Gasteiger charge is -2.23. The van der Waals surface area contributed by atoms with Crippen molar-refractivity contribution >= 4 is 39.0 Å². The summed E-state index contributed by atoms with van der Waals surface area (Å²) in [5.41, 5.74) is 0.972. The third-order valence-electron chi connectivity index (χ3n) is 3.98. The zero-order valence-corrected chi connectivity index (χ0v) is 18.1. The van der Waals surface area contributed by atoms with E-state index >= 15 is 0 Å². The van der Waals surface area contributed by atoms with E-state index < -0.39 is 10.0 Å². The number of carbonyl (C=O) groups excluding carboxylic acids is 1. The molecule has 9 heteroatoms. The van der Waals surface area contributed by atoms with E-state index in [0.717, 1.165) is 21.8 Å². The van der Waals surface area contributed by atoms with E-state index in [0.29, 0.717) is 5.02 Å². The lowest BCUT2D eigenvalue weighted by atomic mass is 9.96. The highest BCUT2D eigenvalue weighted by molar-refractivity contribution is 7.91. The summed E-state index contributed by atoms with van der Waals surface area (Å²) in [5, 5.41) is 6.39. The fourth-order valence-corrected chi connectivity index (χ4v) is 5.03. The van der Waals surface area contributed by atoms with Crippen LogP contribution in [0.5, 0.6) is 0 Å². The molecule has 0 saturated heterocycles. The Morgan fingerprint density at radius 3 is 2.33 bits per heavy atom. The number of rotatable bonds is 7. The first-order valence-electron chi connectivity index (χ1n) is 8.42. The lowest BCUT2D eigenvalue weighted by molar-refractivity contribution is 0.233. The van der Waals surface area contributed by atoms with Gasteiger partial charge in [-0.1, -0.05) is 37.6 Å². The van der Waals surface area contributed by atoms with E-state index in [4.69, 9.17) is 11.6 Å². The van der Waals surface area contributed by atoms with Crippen LogP contribution < -0.4 is 10.6 Å². The van der Waals surface area contributed by atoms with Gasteiger partial charge in [-0.15, -0.1) is 11.3 Å².